The predicted octanol–water partition coefficient (Wildman–Crippen LogP) is 2.89. The van der Waals surface area contributed by atoms with Crippen LogP contribution in [0.4, 0.5) is 0 Å². The van der Waals surface area contributed by atoms with Crippen LogP contribution in [0.25, 0.3) is 0 Å². The molecule has 0 radical (unpaired) electrons. The zero-order chi connectivity index (χ0) is 14.8. The van der Waals surface area contributed by atoms with Crippen LogP contribution in [-0.4, -0.2) is 22.7 Å². The molecule has 0 bridgehead atoms. The number of rotatable bonds is 2. The van der Waals surface area contributed by atoms with Crippen LogP contribution < -0.4 is 9.47 Å². The highest BCUT2D eigenvalue weighted by molar-refractivity contribution is 7.85. The first-order valence-electron chi connectivity index (χ1n) is 7.39. The van der Waals surface area contributed by atoms with Gasteiger partial charge in [-0.1, -0.05) is 6.92 Å². The summed E-state index contributed by atoms with van der Waals surface area (Å²) in [7, 11) is -1.18. The molecule has 1 heterocycles. The average molecular weight is 305 g/mol. The zero-order valence-electron chi connectivity index (χ0n) is 12.1. The van der Waals surface area contributed by atoms with Crippen LogP contribution in [0, 0.1) is 23.2 Å². The van der Waals surface area contributed by atoms with E-state index in [1.54, 1.807) is 6.07 Å². The Morgan fingerprint density at radius 2 is 2.00 bits per heavy atom. The van der Waals surface area contributed by atoms with E-state index in [2.05, 4.69) is 13.0 Å². The van der Waals surface area contributed by atoms with E-state index in [0.29, 0.717) is 30.6 Å². The molecule has 3 rings (SSSR count). The van der Waals surface area contributed by atoms with Gasteiger partial charge in [-0.2, -0.15) is 5.26 Å². The van der Waals surface area contributed by atoms with Crippen molar-refractivity contribution in [2.45, 2.75) is 36.3 Å². The van der Waals surface area contributed by atoms with Gasteiger partial charge in [0.1, 0.15) is 13.2 Å². The summed E-state index contributed by atoms with van der Waals surface area (Å²) in [6.07, 6.45) is 2.74. The summed E-state index contributed by atoms with van der Waals surface area (Å²) in [5, 5.41) is 9.22. The Bertz CT molecular complexity index is 596. The van der Waals surface area contributed by atoms with Crippen molar-refractivity contribution in [3.63, 3.8) is 0 Å². The Morgan fingerprint density at radius 1 is 1.24 bits per heavy atom. The van der Waals surface area contributed by atoms with E-state index in [1.165, 1.54) is 0 Å². The maximum Gasteiger partial charge on any atom is 0.162 e. The largest absolute Gasteiger partial charge is 0.486 e. The van der Waals surface area contributed by atoms with Crippen LogP contribution in [-0.2, 0) is 10.8 Å². The van der Waals surface area contributed by atoms with Crippen LogP contribution in [0.2, 0.25) is 0 Å². The van der Waals surface area contributed by atoms with Gasteiger partial charge in [0.15, 0.2) is 11.5 Å². The molecule has 0 spiro atoms. The van der Waals surface area contributed by atoms with Gasteiger partial charge in [-0.3, -0.25) is 4.21 Å². The average Bonchev–Trinajstić information content (AvgIpc) is 2.53. The van der Waals surface area contributed by atoms with Gasteiger partial charge >= 0.3 is 0 Å². The van der Waals surface area contributed by atoms with E-state index in [4.69, 9.17) is 9.47 Å². The first kappa shape index (κ1) is 14.4. The van der Waals surface area contributed by atoms with E-state index in [1.807, 2.05) is 12.1 Å². The molecule has 1 saturated carbocycles. The molecular weight excluding hydrogens is 286 g/mol. The number of benzene rings is 1. The van der Waals surface area contributed by atoms with Crippen molar-refractivity contribution < 1.29 is 13.7 Å². The minimum absolute atomic E-state index is 0.0821. The molecule has 5 heteroatoms. The van der Waals surface area contributed by atoms with Crippen LogP contribution in [0.15, 0.2) is 23.1 Å². The Balaban J connectivity index is 1.85. The molecule has 1 fully saturated rings. The van der Waals surface area contributed by atoms with Crippen molar-refractivity contribution in [1.29, 1.82) is 5.26 Å². The lowest BCUT2D eigenvalue weighted by molar-refractivity contribution is 0.171. The van der Waals surface area contributed by atoms with Gasteiger partial charge in [-0.25, -0.2) is 0 Å². The second-order valence-electron chi connectivity index (χ2n) is 5.80. The number of nitrogens with zero attached hydrogens (tertiary/aromatic N) is 1. The van der Waals surface area contributed by atoms with Crippen LogP contribution >= 0.6 is 0 Å². The fraction of sp³-hybridized carbons (Fsp3) is 0.562. The van der Waals surface area contributed by atoms with Crippen molar-refractivity contribution in [3.8, 4) is 17.6 Å². The zero-order valence-corrected chi connectivity index (χ0v) is 12.9. The van der Waals surface area contributed by atoms with Gasteiger partial charge in [0.2, 0.25) is 0 Å². The highest BCUT2D eigenvalue weighted by Gasteiger charge is 2.34. The molecule has 2 aliphatic rings. The van der Waals surface area contributed by atoms with Crippen LogP contribution in [0.5, 0.6) is 11.5 Å². The summed E-state index contributed by atoms with van der Waals surface area (Å²) >= 11 is 0. The molecule has 0 amide bonds. The molecule has 4 nitrogen and oxygen atoms in total. The fourth-order valence-corrected chi connectivity index (χ4v) is 4.81. The molecule has 1 aromatic rings. The fourth-order valence-electron chi connectivity index (χ4n) is 3.04. The smallest absolute Gasteiger partial charge is 0.162 e. The monoisotopic (exact) mass is 305 g/mol. The van der Waals surface area contributed by atoms with Crippen LogP contribution in [0.3, 0.4) is 0 Å². The molecule has 1 aliphatic heterocycles. The molecule has 1 aromatic carbocycles. The maximum absolute atomic E-state index is 12.9. The lowest BCUT2D eigenvalue weighted by Gasteiger charge is -2.30. The second-order valence-corrected chi connectivity index (χ2v) is 7.47. The number of fused-ring (bicyclic) bond motifs is 1. The highest BCUT2D eigenvalue weighted by atomic mass is 32.2. The standard InChI is InChI=1S/C16H19NO3S/c1-11-2-3-12(10-17)16(8-11)21(18)13-4-5-14-15(9-13)20-7-6-19-14/h4-5,9,11-12,16H,2-3,6-8H2,1H3. The number of hydrogen-bond donors (Lipinski definition) is 0. The van der Waals surface area contributed by atoms with E-state index >= 15 is 0 Å². The predicted molar refractivity (Wildman–Crippen MR) is 79.7 cm³/mol. The van der Waals surface area contributed by atoms with Gasteiger partial charge in [-0.05, 0) is 37.3 Å². The molecule has 4 unspecified atom stereocenters. The van der Waals surface area contributed by atoms with Gasteiger partial charge in [0.05, 0.1) is 28.0 Å². The van der Waals surface area contributed by atoms with Gasteiger partial charge in [-0.15, -0.1) is 0 Å². The summed E-state index contributed by atoms with van der Waals surface area (Å²) in [6.45, 7) is 3.23. The van der Waals surface area contributed by atoms with E-state index < -0.39 is 10.8 Å². The minimum atomic E-state index is -1.18. The Kier molecular flexibility index (Phi) is 4.16. The third-order valence-electron chi connectivity index (χ3n) is 4.24. The van der Waals surface area contributed by atoms with Crippen molar-refractivity contribution >= 4 is 10.8 Å². The van der Waals surface area contributed by atoms with Gasteiger partial charge in [0, 0.05) is 11.0 Å². The van der Waals surface area contributed by atoms with Gasteiger partial charge in [0.25, 0.3) is 0 Å². The summed E-state index contributed by atoms with van der Waals surface area (Å²) < 4.78 is 23.9. The Morgan fingerprint density at radius 3 is 2.76 bits per heavy atom. The molecule has 0 aromatic heterocycles. The number of hydrogen-bond acceptors (Lipinski definition) is 4. The molecule has 4 atom stereocenters. The van der Waals surface area contributed by atoms with Crippen molar-refractivity contribution in [3.05, 3.63) is 18.2 Å². The first-order chi connectivity index (χ1) is 10.2. The molecule has 0 saturated heterocycles. The second kappa shape index (κ2) is 6.07. The van der Waals surface area contributed by atoms with Gasteiger partial charge < -0.3 is 9.47 Å². The summed E-state index contributed by atoms with van der Waals surface area (Å²) in [5.74, 6) is 1.77. The number of ether oxygens (including phenoxy) is 2. The minimum Gasteiger partial charge on any atom is -0.486 e. The van der Waals surface area contributed by atoms with E-state index in [-0.39, 0.29) is 11.2 Å². The lowest BCUT2D eigenvalue weighted by Crippen LogP contribution is -2.31. The topological polar surface area (TPSA) is 59.3 Å². The molecule has 112 valence electrons. The third-order valence-corrected chi connectivity index (χ3v) is 6.03. The maximum atomic E-state index is 12.9. The van der Waals surface area contributed by atoms with E-state index in [0.717, 1.165) is 24.2 Å². The van der Waals surface area contributed by atoms with E-state index in [9.17, 15) is 9.47 Å². The Labute approximate surface area is 127 Å². The Hall–Kier alpha value is -1.54. The van der Waals surface area contributed by atoms with Crippen LogP contribution in [0.1, 0.15) is 26.2 Å². The first-order valence-corrected chi connectivity index (χ1v) is 8.60. The number of nitriles is 1. The SMILES string of the molecule is CC1CCC(C#N)C(S(=O)c2ccc3c(c2)OCCO3)C1. The molecule has 21 heavy (non-hydrogen) atoms. The molecule has 0 N–H and O–H groups in total. The molecule has 1 aliphatic carbocycles. The van der Waals surface area contributed by atoms with Crippen molar-refractivity contribution in [2.24, 2.45) is 11.8 Å². The summed E-state index contributed by atoms with van der Waals surface area (Å²) in [4.78, 5) is 0.735. The third kappa shape index (κ3) is 2.91. The molecular formula is C16H19NO3S. The van der Waals surface area contributed by atoms with Crippen molar-refractivity contribution in [2.75, 3.05) is 13.2 Å². The lowest BCUT2D eigenvalue weighted by atomic mass is 9.83. The quantitative estimate of drug-likeness (QED) is 0.843. The highest BCUT2D eigenvalue weighted by Crippen LogP contribution is 2.37. The summed E-state index contributed by atoms with van der Waals surface area (Å²) in [6, 6.07) is 7.79. The summed E-state index contributed by atoms with van der Waals surface area (Å²) in [5.41, 5.74) is 0. The normalized spacial score (nSPS) is 29.4. The van der Waals surface area contributed by atoms with Crippen molar-refractivity contribution in [1.82, 2.24) is 0 Å².